The molecule has 0 spiro atoms. The van der Waals surface area contributed by atoms with Crippen molar-refractivity contribution < 1.29 is 19.1 Å². The minimum atomic E-state index is -0.383. The van der Waals surface area contributed by atoms with Crippen molar-refractivity contribution in [2.45, 2.75) is 52.4 Å². The summed E-state index contributed by atoms with van der Waals surface area (Å²) < 4.78 is 10.5. The second-order valence-electron chi connectivity index (χ2n) is 5.20. The highest BCUT2D eigenvalue weighted by Gasteiger charge is 2.36. The maximum atomic E-state index is 12.1. The zero-order valence-corrected chi connectivity index (χ0v) is 12.6. The van der Waals surface area contributed by atoms with Crippen LogP contribution in [0.2, 0.25) is 0 Å². The van der Waals surface area contributed by atoms with E-state index in [0.29, 0.717) is 26.1 Å². The van der Waals surface area contributed by atoms with Gasteiger partial charge in [-0.15, -0.1) is 0 Å². The van der Waals surface area contributed by atoms with E-state index in [-0.39, 0.29) is 23.8 Å². The highest BCUT2D eigenvalue weighted by molar-refractivity contribution is 5.82. The monoisotopic (exact) mass is 282 g/mol. The lowest BCUT2D eigenvalue weighted by Gasteiger charge is -2.25. The van der Waals surface area contributed by atoms with Gasteiger partial charge in [0, 0.05) is 0 Å². The zero-order valence-electron chi connectivity index (χ0n) is 12.6. The van der Waals surface area contributed by atoms with Crippen molar-refractivity contribution in [1.29, 1.82) is 0 Å². The SMILES string of the molecule is CCCCOC(=O)[C@H]1CC=CC[C@H]1C(=O)OCCCC. The van der Waals surface area contributed by atoms with Crippen LogP contribution in [-0.2, 0) is 19.1 Å². The van der Waals surface area contributed by atoms with Crippen LogP contribution in [0.15, 0.2) is 12.2 Å². The van der Waals surface area contributed by atoms with E-state index >= 15 is 0 Å². The number of carbonyl (C=O) groups is 2. The Morgan fingerprint density at radius 2 is 1.30 bits per heavy atom. The quantitative estimate of drug-likeness (QED) is 0.389. The van der Waals surface area contributed by atoms with Crippen molar-refractivity contribution >= 4 is 11.9 Å². The molecule has 2 atom stereocenters. The van der Waals surface area contributed by atoms with Gasteiger partial charge in [-0.1, -0.05) is 38.8 Å². The van der Waals surface area contributed by atoms with Crippen molar-refractivity contribution in [1.82, 2.24) is 0 Å². The van der Waals surface area contributed by atoms with E-state index in [2.05, 4.69) is 0 Å². The first-order valence-corrected chi connectivity index (χ1v) is 7.69. The van der Waals surface area contributed by atoms with E-state index in [1.807, 2.05) is 26.0 Å². The number of unbranched alkanes of at least 4 members (excludes halogenated alkanes) is 2. The molecule has 0 saturated carbocycles. The molecule has 0 heterocycles. The predicted octanol–water partition coefficient (Wildman–Crippen LogP) is 3.26. The number of hydrogen-bond acceptors (Lipinski definition) is 4. The largest absolute Gasteiger partial charge is 0.465 e. The third-order valence-corrected chi connectivity index (χ3v) is 3.52. The summed E-state index contributed by atoms with van der Waals surface area (Å²) in [6.07, 6.45) is 8.72. The van der Waals surface area contributed by atoms with E-state index in [1.54, 1.807) is 0 Å². The summed E-state index contributed by atoms with van der Waals surface area (Å²) in [5, 5.41) is 0. The average molecular weight is 282 g/mol. The fourth-order valence-electron chi connectivity index (χ4n) is 2.18. The molecule has 0 saturated heterocycles. The maximum Gasteiger partial charge on any atom is 0.310 e. The van der Waals surface area contributed by atoms with E-state index in [0.717, 1.165) is 25.7 Å². The minimum absolute atomic E-state index is 0.264. The van der Waals surface area contributed by atoms with Gasteiger partial charge in [0.2, 0.25) is 0 Å². The molecule has 0 bridgehead atoms. The number of ether oxygens (including phenoxy) is 2. The van der Waals surface area contributed by atoms with Crippen LogP contribution < -0.4 is 0 Å². The molecule has 1 aliphatic carbocycles. The van der Waals surface area contributed by atoms with Crippen molar-refractivity contribution in [3.63, 3.8) is 0 Å². The third kappa shape index (κ3) is 5.35. The Bertz CT molecular complexity index is 303. The van der Waals surface area contributed by atoms with Crippen molar-refractivity contribution in [3.05, 3.63) is 12.2 Å². The Morgan fingerprint density at radius 3 is 1.65 bits per heavy atom. The Hall–Kier alpha value is -1.32. The Morgan fingerprint density at radius 1 is 0.900 bits per heavy atom. The fraction of sp³-hybridized carbons (Fsp3) is 0.750. The predicted molar refractivity (Wildman–Crippen MR) is 77.1 cm³/mol. The van der Waals surface area contributed by atoms with Crippen LogP contribution in [-0.4, -0.2) is 25.2 Å². The summed E-state index contributed by atoms with van der Waals surface area (Å²) in [4.78, 5) is 24.1. The van der Waals surface area contributed by atoms with Gasteiger partial charge in [0.25, 0.3) is 0 Å². The standard InChI is InChI=1S/C16H26O4/c1-3-5-11-19-15(17)13-9-7-8-10-14(13)16(18)20-12-6-4-2/h7-8,13-14H,3-6,9-12H2,1-2H3/t13-,14+. The van der Waals surface area contributed by atoms with Crippen molar-refractivity contribution in [3.8, 4) is 0 Å². The van der Waals surface area contributed by atoms with Crippen molar-refractivity contribution in [2.75, 3.05) is 13.2 Å². The third-order valence-electron chi connectivity index (χ3n) is 3.52. The smallest absolute Gasteiger partial charge is 0.310 e. The first kappa shape index (κ1) is 16.7. The van der Waals surface area contributed by atoms with E-state index in [1.165, 1.54) is 0 Å². The van der Waals surface area contributed by atoms with E-state index in [4.69, 9.17) is 9.47 Å². The highest BCUT2D eigenvalue weighted by atomic mass is 16.5. The Labute approximate surface area is 121 Å². The zero-order chi connectivity index (χ0) is 14.8. The maximum absolute atomic E-state index is 12.1. The highest BCUT2D eigenvalue weighted by Crippen LogP contribution is 2.28. The normalized spacial score (nSPS) is 21.5. The number of rotatable bonds is 8. The molecule has 0 aromatic rings. The molecule has 0 aliphatic heterocycles. The molecular weight excluding hydrogens is 256 g/mol. The van der Waals surface area contributed by atoms with E-state index in [9.17, 15) is 9.59 Å². The molecule has 1 rings (SSSR count). The van der Waals surface area contributed by atoms with Gasteiger partial charge < -0.3 is 9.47 Å². The first-order valence-electron chi connectivity index (χ1n) is 7.69. The molecule has 0 amide bonds. The first-order chi connectivity index (χ1) is 9.70. The Kier molecular flexibility index (Phi) is 8.00. The molecule has 0 radical (unpaired) electrons. The summed E-state index contributed by atoms with van der Waals surface area (Å²) in [7, 11) is 0. The summed E-state index contributed by atoms with van der Waals surface area (Å²) in [5.74, 6) is -1.29. The molecule has 0 aromatic heterocycles. The summed E-state index contributed by atoms with van der Waals surface area (Å²) in [6, 6.07) is 0. The molecule has 0 unspecified atom stereocenters. The van der Waals surface area contributed by atoms with Gasteiger partial charge in [-0.2, -0.15) is 0 Å². The second kappa shape index (κ2) is 9.56. The average Bonchev–Trinajstić information content (AvgIpc) is 2.47. The van der Waals surface area contributed by atoms with E-state index < -0.39 is 0 Å². The minimum Gasteiger partial charge on any atom is -0.465 e. The van der Waals surface area contributed by atoms with Gasteiger partial charge in [-0.05, 0) is 25.7 Å². The number of esters is 2. The van der Waals surface area contributed by atoms with Crippen LogP contribution in [0.5, 0.6) is 0 Å². The van der Waals surface area contributed by atoms with Gasteiger partial charge in [0.15, 0.2) is 0 Å². The molecule has 20 heavy (non-hydrogen) atoms. The summed E-state index contributed by atoms with van der Waals surface area (Å²) in [6.45, 7) is 4.97. The van der Waals surface area contributed by atoms with Crippen LogP contribution in [0.3, 0.4) is 0 Å². The van der Waals surface area contributed by atoms with Gasteiger partial charge in [-0.25, -0.2) is 0 Å². The number of allylic oxidation sites excluding steroid dienone is 2. The van der Waals surface area contributed by atoms with Crippen molar-refractivity contribution in [2.24, 2.45) is 11.8 Å². The molecule has 0 aromatic carbocycles. The fourth-order valence-corrected chi connectivity index (χ4v) is 2.18. The van der Waals surface area contributed by atoms with Crippen LogP contribution in [0, 0.1) is 11.8 Å². The molecule has 1 aliphatic rings. The topological polar surface area (TPSA) is 52.6 Å². The Balaban J connectivity index is 2.51. The van der Waals surface area contributed by atoms with Gasteiger partial charge in [-0.3, -0.25) is 9.59 Å². The molecule has 4 nitrogen and oxygen atoms in total. The summed E-state index contributed by atoms with van der Waals surface area (Å²) in [5.41, 5.74) is 0. The van der Waals surface area contributed by atoms with Crippen LogP contribution in [0.1, 0.15) is 52.4 Å². The lowest BCUT2D eigenvalue weighted by Crippen LogP contribution is -2.34. The number of hydrogen-bond donors (Lipinski definition) is 0. The molecule has 0 N–H and O–H groups in total. The summed E-state index contributed by atoms with van der Waals surface area (Å²) >= 11 is 0. The molecular formula is C16H26O4. The van der Waals surface area contributed by atoms with Gasteiger partial charge in [0.1, 0.15) is 0 Å². The molecule has 0 fully saturated rings. The molecule has 4 heteroatoms. The van der Waals surface area contributed by atoms with Crippen LogP contribution in [0.4, 0.5) is 0 Å². The van der Waals surface area contributed by atoms with Gasteiger partial charge >= 0.3 is 11.9 Å². The van der Waals surface area contributed by atoms with Gasteiger partial charge in [0.05, 0.1) is 25.0 Å². The van der Waals surface area contributed by atoms with Crippen LogP contribution >= 0.6 is 0 Å². The lowest BCUT2D eigenvalue weighted by molar-refractivity contribution is -0.161. The number of carbonyl (C=O) groups excluding carboxylic acids is 2. The molecule has 114 valence electrons. The van der Waals surface area contributed by atoms with Crippen LogP contribution in [0.25, 0.3) is 0 Å². The second-order valence-corrected chi connectivity index (χ2v) is 5.20. The lowest BCUT2D eigenvalue weighted by atomic mass is 9.83.